The van der Waals surface area contributed by atoms with E-state index in [1.54, 1.807) is 4.90 Å². The molecular weight excluding hydrogens is 386 g/mol. The second-order valence-corrected chi connectivity index (χ2v) is 6.54. The topological polar surface area (TPSA) is 48.0 Å². The third kappa shape index (κ3) is 4.66. The van der Waals surface area contributed by atoms with Crippen molar-refractivity contribution in [3.05, 3.63) is 52.5 Å². The molecule has 0 unspecified atom stereocenters. The summed E-state index contributed by atoms with van der Waals surface area (Å²) in [6.45, 7) is 4.20. The molecule has 0 saturated carbocycles. The van der Waals surface area contributed by atoms with E-state index in [9.17, 15) is 4.79 Å². The van der Waals surface area contributed by atoms with Gasteiger partial charge >= 0.3 is 0 Å². The third-order valence-electron chi connectivity index (χ3n) is 3.89. The van der Waals surface area contributed by atoms with Gasteiger partial charge < -0.3 is 19.1 Å². The van der Waals surface area contributed by atoms with Gasteiger partial charge in [0.2, 0.25) is 0 Å². The molecule has 3 rings (SSSR count). The molecule has 25 heavy (non-hydrogen) atoms. The summed E-state index contributed by atoms with van der Waals surface area (Å²) in [7, 11) is 0. The molecule has 0 fully saturated rings. The predicted molar refractivity (Wildman–Crippen MR) is 98.2 cm³/mol. The lowest BCUT2D eigenvalue weighted by atomic mass is 10.1. The van der Waals surface area contributed by atoms with Crippen molar-refractivity contribution in [1.82, 2.24) is 4.90 Å². The predicted octanol–water partition coefficient (Wildman–Crippen LogP) is 3.65. The molecule has 5 nitrogen and oxygen atoms in total. The Hall–Kier alpha value is -2.21. The fraction of sp³-hybridized carbons (Fsp3) is 0.316. The number of nitrogens with zero attached hydrogens (tertiary/aromatic N) is 1. The SMILES string of the molecule is CCN(Cc1ccc2c(c1)OCCO2)C(=O)COc1ccc(Br)cc1. The van der Waals surface area contributed by atoms with Gasteiger partial charge in [0.25, 0.3) is 5.91 Å². The van der Waals surface area contributed by atoms with Crippen molar-refractivity contribution in [2.24, 2.45) is 0 Å². The van der Waals surface area contributed by atoms with Crippen molar-refractivity contribution in [3.63, 3.8) is 0 Å². The van der Waals surface area contributed by atoms with Crippen LogP contribution in [0, 0.1) is 0 Å². The van der Waals surface area contributed by atoms with Gasteiger partial charge in [-0.15, -0.1) is 0 Å². The molecule has 0 radical (unpaired) electrons. The van der Waals surface area contributed by atoms with Crippen LogP contribution in [-0.2, 0) is 11.3 Å². The summed E-state index contributed by atoms with van der Waals surface area (Å²) in [5, 5.41) is 0. The van der Waals surface area contributed by atoms with Crippen molar-refractivity contribution < 1.29 is 19.0 Å². The Balaban J connectivity index is 1.59. The maximum Gasteiger partial charge on any atom is 0.260 e. The molecular formula is C19H20BrNO4. The third-order valence-corrected chi connectivity index (χ3v) is 4.42. The van der Waals surface area contributed by atoms with Crippen LogP contribution in [0.4, 0.5) is 0 Å². The standard InChI is InChI=1S/C19H20BrNO4/c1-2-21(19(22)13-25-16-6-4-15(20)5-7-16)12-14-3-8-17-18(11-14)24-10-9-23-17/h3-8,11H,2,9-10,12-13H2,1H3. The summed E-state index contributed by atoms with van der Waals surface area (Å²) in [6, 6.07) is 13.2. The second-order valence-electron chi connectivity index (χ2n) is 5.63. The average molecular weight is 406 g/mol. The number of fused-ring (bicyclic) bond motifs is 1. The smallest absolute Gasteiger partial charge is 0.260 e. The molecule has 1 heterocycles. The molecule has 2 aromatic carbocycles. The fourth-order valence-corrected chi connectivity index (χ4v) is 2.81. The van der Waals surface area contributed by atoms with E-state index in [0.717, 1.165) is 21.5 Å². The molecule has 1 aliphatic heterocycles. The minimum absolute atomic E-state index is 0.0139. The highest BCUT2D eigenvalue weighted by Gasteiger charge is 2.16. The van der Waals surface area contributed by atoms with Gasteiger partial charge in [-0.05, 0) is 48.9 Å². The number of hydrogen-bond donors (Lipinski definition) is 0. The number of hydrogen-bond acceptors (Lipinski definition) is 4. The van der Waals surface area contributed by atoms with Crippen LogP contribution in [0.25, 0.3) is 0 Å². The highest BCUT2D eigenvalue weighted by Crippen LogP contribution is 2.31. The van der Waals surface area contributed by atoms with Crippen molar-refractivity contribution >= 4 is 21.8 Å². The zero-order chi connectivity index (χ0) is 17.6. The molecule has 0 bridgehead atoms. The van der Waals surface area contributed by atoms with Gasteiger partial charge in [0, 0.05) is 17.6 Å². The molecule has 6 heteroatoms. The van der Waals surface area contributed by atoms with Crippen LogP contribution < -0.4 is 14.2 Å². The van der Waals surface area contributed by atoms with E-state index >= 15 is 0 Å². The van der Waals surface area contributed by atoms with Crippen LogP contribution in [0.3, 0.4) is 0 Å². The molecule has 0 aromatic heterocycles. The van der Waals surface area contributed by atoms with E-state index in [1.165, 1.54) is 0 Å². The van der Waals surface area contributed by atoms with Gasteiger partial charge in [-0.1, -0.05) is 22.0 Å². The summed E-state index contributed by atoms with van der Waals surface area (Å²) < 4.78 is 17.7. The van der Waals surface area contributed by atoms with E-state index < -0.39 is 0 Å². The zero-order valence-corrected chi connectivity index (χ0v) is 15.6. The van der Waals surface area contributed by atoms with Crippen LogP contribution in [0.1, 0.15) is 12.5 Å². The average Bonchev–Trinajstić information content (AvgIpc) is 2.65. The summed E-state index contributed by atoms with van der Waals surface area (Å²) in [5.41, 5.74) is 1.00. The lowest BCUT2D eigenvalue weighted by Gasteiger charge is -2.23. The molecule has 1 aliphatic rings. The maximum absolute atomic E-state index is 12.4. The van der Waals surface area contributed by atoms with Gasteiger partial charge in [0.05, 0.1) is 0 Å². The highest BCUT2D eigenvalue weighted by molar-refractivity contribution is 9.10. The molecule has 2 aromatic rings. The molecule has 132 valence electrons. The van der Waals surface area contributed by atoms with Crippen LogP contribution in [0.2, 0.25) is 0 Å². The minimum Gasteiger partial charge on any atom is -0.486 e. The number of likely N-dealkylation sites (N-methyl/N-ethyl adjacent to an activating group) is 1. The second kappa shape index (κ2) is 8.25. The van der Waals surface area contributed by atoms with E-state index in [2.05, 4.69) is 15.9 Å². The van der Waals surface area contributed by atoms with Crippen molar-refractivity contribution in [1.29, 1.82) is 0 Å². The molecule has 0 spiro atoms. The van der Waals surface area contributed by atoms with E-state index in [0.29, 0.717) is 32.1 Å². The Morgan fingerprint density at radius 2 is 1.84 bits per heavy atom. The molecule has 0 N–H and O–H groups in total. The van der Waals surface area contributed by atoms with Crippen LogP contribution in [0.15, 0.2) is 46.9 Å². The van der Waals surface area contributed by atoms with Crippen molar-refractivity contribution in [2.45, 2.75) is 13.5 Å². The van der Waals surface area contributed by atoms with Gasteiger partial charge in [0.15, 0.2) is 18.1 Å². The van der Waals surface area contributed by atoms with E-state index in [1.807, 2.05) is 49.4 Å². The Kier molecular flexibility index (Phi) is 5.81. The van der Waals surface area contributed by atoms with E-state index in [4.69, 9.17) is 14.2 Å². The summed E-state index contributed by atoms with van der Waals surface area (Å²) in [6.07, 6.45) is 0. The largest absolute Gasteiger partial charge is 0.486 e. The first-order valence-electron chi connectivity index (χ1n) is 8.20. The summed E-state index contributed by atoms with van der Waals surface area (Å²) in [5.74, 6) is 2.11. The maximum atomic E-state index is 12.4. The van der Waals surface area contributed by atoms with Crippen molar-refractivity contribution in [2.75, 3.05) is 26.4 Å². The van der Waals surface area contributed by atoms with Gasteiger partial charge in [-0.25, -0.2) is 0 Å². The van der Waals surface area contributed by atoms with Crippen molar-refractivity contribution in [3.8, 4) is 17.2 Å². The fourth-order valence-electron chi connectivity index (χ4n) is 2.55. The van der Waals surface area contributed by atoms with Crippen LogP contribution in [-0.4, -0.2) is 37.2 Å². The number of ether oxygens (including phenoxy) is 3. The molecule has 1 amide bonds. The Labute approximate surface area is 155 Å². The molecule has 0 aliphatic carbocycles. The highest BCUT2D eigenvalue weighted by atomic mass is 79.9. The van der Waals surface area contributed by atoms with Gasteiger partial charge in [-0.3, -0.25) is 4.79 Å². The Morgan fingerprint density at radius 1 is 1.12 bits per heavy atom. The quantitative estimate of drug-likeness (QED) is 0.735. The number of rotatable bonds is 6. The number of halogens is 1. The first-order chi connectivity index (χ1) is 12.2. The molecule has 0 atom stereocenters. The number of carbonyl (C=O) groups excluding carboxylic acids is 1. The van der Waals surface area contributed by atoms with Crippen LogP contribution in [0.5, 0.6) is 17.2 Å². The monoisotopic (exact) mass is 405 g/mol. The molecule has 0 saturated heterocycles. The first kappa shape index (κ1) is 17.6. The minimum atomic E-state index is -0.0553. The number of benzene rings is 2. The zero-order valence-electron chi connectivity index (χ0n) is 14.0. The Bertz CT molecular complexity index is 733. The normalized spacial score (nSPS) is 12.6. The van der Waals surface area contributed by atoms with Gasteiger partial charge in [-0.2, -0.15) is 0 Å². The van der Waals surface area contributed by atoms with Crippen LogP contribution >= 0.6 is 15.9 Å². The first-order valence-corrected chi connectivity index (χ1v) is 8.99. The number of amides is 1. The summed E-state index contributed by atoms with van der Waals surface area (Å²) >= 11 is 3.37. The lowest BCUT2D eigenvalue weighted by Crippen LogP contribution is -2.34. The lowest BCUT2D eigenvalue weighted by molar-refractivity contribution is -0.133. The number of carbonyl (C=O) groups is 1. The Morgan fingerprint density at radius 3 is 2.56 bits per heavy atom. The van der Waals surface area contributed by atoms with Gasteiger partial charge in [0.1, 0.15) is 19.0 Å². The van der Waals surface area contributed by atoms with E-state index in [-0.39, 0.29) is 12.5 Å². The summed E-state index contributed by atoms with van der Waals surface area (Å²) in [4.78, 5) is 14.2.